The summed E-state index contributed by atoms with van der Waals surface area (Å²) < 4.78 is 5.91. The number of hydrogen-bond donors (Lipinski definition) is 1. The van der Waals surface area contributed by atoms with Gasteiger partial charge in [0.1, 0.15) is 5.75 Å². The largest absolute Gasteiger partial charge is 0.481 e. The fourth-order valence-corrected chi connectivity index (χ4v) is 3.65. The van der Waals surface area contributed by atoms with Crippen molar-refractivity contribution in [1.29, 1.82) is 0 Å². The summed E-state index contributed by atoms with van der Waals surface area (Å²) in [6, 6.07) is 14.4. The molecule has 1 aliphatic heterocycles. The lowest BCUT2D eigenvalue weighted by Gasteiger charge is -2.27. The van der Waals surface area contributed by atoms with E-state index in [4.69, 9.17) is 4.74 Å². The SMILES string of the molecule is Cc1ccc(C)c(O[C@H](C)C(=O)NCc2ccccc2CN2CCCCC2)c1. The first-order valence-corrected chi connectivity index (χ1v) is 10.3. The van der Waals surface area contributed by atoms with Gasteiger partial charge in [0.2, 0.25) is 0 Å². The number of carbonyl (C=O) groups excluding carboxylic acids is 1. The number of benzene rings is 2. The number of hydrogen-bond acceptors (Lipinski definition) is 3. The van der Waals surface area contributed by atoms with Gasteiger partial charge in [0.05, 0.1) is 0 Å². The molecule has 1 aliphatic rings. The average molecular weight is 381 g/mol. The highest BCUT2D eigenvalue weighted by atomic mass is 16.5. The zero-order chi connectivity index (χ0) is 19.9. The molecule has 28 heavy (non-hydrogen) atoms. The number of nitrogens with one attached hydrogen (secondary N) is 1. The summed E-state index contributed by atoms with van der Waals surface area (Å²) in [7, 11) is 0. The van der Waals surface area contributed by atoms with Crippen LogP contribution in [-0.2, 0) is 17.9 Å². The number of likely N-dealkylation sites (tertiary alicyclic amines) is 1. The molecule has 4 heteroatoms. The summed E-state index contributed by atoms with van der Waals surface area (Å²) in [6.07, 6.45) is 3.37. The van der Waals surface area contributed by atoms with Crippen LogP contribution in [0.4, 0.5) is 0 Å². The molecule has 4 nitrogen and oxygen atoms in total. The molecule has 0 spiro atoms. The molecule has 1 N–H and O–H groups in total. The van der Waals surface area contributed by atoms with E-state index in [2.05, 4.69) is 28.4 Å². The van der Waals surface area contributed by atoms with Gasteiger partial charge in [-0.1, -0.05) is 42.8 Å². The Kier molecular flexibility index (Phi) is 7.10. The van der Waals surface area contributed by atoms with Gasteiger partial charge in [0.25, 0.3) is 5.91 Å². The fraction of sp³-hybridized carbons (Fsp3) is 0.458. The zero-order valence-corrected chi connectivity index (χ0v) is 17.3. The predicted octanol–water partition coefficient (Wildman–Crippen LogP) is 4.37. The molecule has 0 bridgehead atoms. The summed E-state index contributed by atoms with van der Waals surface area (Å²) >= 11 is 0. The number of amides is 1. The van der Waals surface area contributed by atoms with Gasteiger partial charge in [0, 0.05) is 13.1 Å². The van der Waals surface area contributed by atoms with Crippen LogP contribution in [0.15, 0.2) is 42.5 Å². The maximum Gasteiger partial charge on any atom is 0.261 e. The second-order valence-corrected chi connectivity index (χ2v) is 7.85. The number of rotatable bonds is 7. The van der Waals surface area contributed by atoms with Crippen molar-refractivity contribution in [3.8, 4) is 5.75 Å². The van der Waals surface area contributed by atoms with E-state index in [1.807, 2.05) is 38.1 Å². The van der Waals surface area contributed by atoms with Crippen LogP contribution in [0.1, 0.15) is 48.4 Å². The van der Waals surface area contributed by atoms with Gasteiger partial charge in [-0.05, 0) is 75.0 Å². The Labute approximate surface area is 168 Å². The highest BCUT2D eigenvalue weighted by Gasteiger charge is 2.17. The number of aryl methyl sites for hydroxylation is 2. The maximum absolute atomic E-state index is 12.6. The van der Waals surface area contributed by atoms with Crippen LogP contribution in [0, 0.1) is 13.8 Å². The standard InChI is InChI=1S/C24H32N2O2/c1-18-11-12-19(2)23(15-18)28-20(3)24(27)25-16-21-9-5-6-10-22(21)17-26-13-7-4-8-14-26/h5-6,9-12,15,20H,4,7-8,13-14,16-17H2,1-3H3,(H,25,27)/t20-/m1/s1. The minimum absolute atomic E-state index is 0.0892. The second kappa shape index (κ2) is 9.74. The van der Waals surface area contributed by atoms with Gasteiger partial charge < -0.3 is 10.1 Å². The van der Waals surface area contributed by atoms with Gasteiger partial charge in [-0.25, -0.2) is 0 Å². The van der Waals surface area contributed by atoms with Crippen molar-refractivity contribution in [2.45, 2.75) is 59.2 Å². The molecule has 0 aliphatic carbocycles. The Morgan fingerprint density at radius 1 is 1.07 bits per heavy atom. The summed E-state index contributed by atoms with van der Waals surface area (Å²) in [5.74, 6) is 0.682. The van der Waals surface area contributed by atoms with E-state index < -0.39 is 6.10 Å². The lowest BCUT2D eigenvalue weighted by atomic mass is 10.0. The van der Waals surface area contributed by atoms with E-state index in [0.717, 1.165) is 23.4 Å². The maximum atomic E-state index is 12.6. The third-order valence-electron chi connectivity index (χ3n) is 5.43. The zero-order valence-electron chi connectivity index (χ0n) is 17.3. The Bertz CT molecular complexity index is 797. The molecule has 150 valence electrons. The summed E-state index contributed by atoms with van der Waals surface area (Å²) in [4.78, 5) is 15.1. The molecule has 1 atom stereocenters. The van der Waals surface area contributed by atoms with Gasteiger partial charge in [-0.3, -0.25) is 9.69 Å². The van der Waals surface area contributed by atoms with E-state index in [1.54, 1.807) is 6.92 Å². The molecule has 2 aromatic carbocycles. The van der Waals surface area contributed by atoms with Gasteiger partial charge in [0.15, 0.2) is 6.10 Å². The molecule has 1 amide bonds. The van der Waals surface area contributed by atoms with Crippen LogP contribution >= 0.6 is 0 Å². The Balaban J connectivity index is 1.57. The lowest BCUT2D eigenvalue weighted by molar-refractivity contribution is -0.127. The minimum atomic E-state index is -0.533. The van der Waals surface area contributed by atoms with E-state index in [9.17, 15) is 4.79 Å². The van der Waals surface area contributed by atoms with Crippen molar-refractivity contribution in [3.63, 3.8) is 0 Å². The van der Waals surface area contributed by atoms with Crippen molar-refractivity contribution in [2.75, 3.05) is 13.1 Å². The molecule has 1 heterocycles. The molecule has 3 rings (SSSR count). The van der Waals surface area contributed by atoms with Crippen molar-refractivity contribution in [3.05, 3.63) is 64.7 Å². The smallest absolute Gasteiger partial charge is 0.261 e. The number of carbonyl (C=O) groups is 1. The van der Waals surface area contributed by atoms with Gasteiger partial charge in [-0.2, -0.15) is 0 Å². The van der Waals surface area contributed by atoms with Crippen LogP contribution in [-0.4, -0.2) is 30.0 Å². The molecule has 2 aromatic rings. The predicted molar refractivity (Wildman–Crippen MR) is 113 cm³/mol. The Morgan fingerprint density at radius 2 is 1.79 bits per heavy atom. The molecule has 0 unspecified atom stereocenters. The van der Waals surface area contributed by atoms with Crippen LogP contribution in [0.5, 0.6) is 5.75 Å². The van der Waals surface area contributed by atoms with Gasteiger partial charge in [-0.15, -0.1) is 0 Å². The normalized spacial score (nSPS) is 15.8. The first-order valence-electron chi connectivity index (χ1n) is 10.3. The molecular formula is C24H32N2O2. The van der Waals surface area contributed by atoms with E-state index in [1.165, 1.54) is 43.5 Å². The second-order valence-electron chi connectivity index (χ2n) is 7.85. The van der Waals surface area contributed by atoms with E-state index >= 15 is 0 Å². The summed E-state index contributed by atoms with van der Waals surface area (Å²) in [5.41, 5.74) is 4.64. The Hall–Kier alpha value is -2.33. The topological polar surface area (TPSA) is 41.6 Å². The van der Waals surface area contributed by atoms with Crippen LogP contribution < -0.4 is 10.1 Å². The summed E-state index contributed by atoms with van der Waals surface area (Å²) in [6.45, 7) is 9.65. The molecule has 1 saturated heterocycles. The third-order valence-corrected chi connectivity index (χ3v) is 5.43. The van der Waals surface area contributed by atoms with Crippen molar-refractivity contribution >= 4 is 5.91 Å². The molecule has 0 saturated carbocycles. The lowest BCUT2D eigenvalue weighted by Crippen LogP contribution is -2.36. The first kappa shape index (κ1) is 20.4. The minimum Gasteiger partial charge on any atom is -0.481 e. The first-order chi connectivity index (χ1) is 13.5. The van der Waals surface area contributed by atoms with E-state index in [-0.39, 0.29) is 5.91 Å². The van der Waals surface area contributed by atoms with E-state index in [0.29, 0.717) is 6.54 Å². The molecule has 1 fully saturated rings. The van der Waals surface area contributed by atoms with Crippen molar-refractivity contribution in [1.82, 2.24) is 10.2 Å². The van der Waals surface area contributed by atoms with Gasteiger partial charge >= 0.3 is 0 Å². The number of ether oxygens (including phenoxy) is 1. The molecule has 0 radical (unpaired) electrons. The van der Waals surface area contributed by atoms with Crippen LogP contribution in [0.2, 0.25) is 0 Å². The summed E-state index contributed by atoms with van der Waals surface area (Å²) in [5, 5.41) is 3.05. The van der Waals surface area contributed by atoms with Crippen LogP contribution in [0.3, 0.4) is 0 Å². The van der Waals surface area contributed by atoms with Crippen molar-refractivity contribution < 1.29 is 9.53 Å². The third kappa shape index (κ3) is 5.59. The highest BCUT2D eigenvalue weighted by molar-refractivity contribution is 5.80. The van der Waals surface area contributed by atoms with Crippen LogP contribution in [0.25, 0.3) is 0 Å². The highest BCUT2D eigenvalue weighted by Crippen LogP contribution is 2.21. The quantitative estimate of drug-likeness (QED) is 0.775. The number of nitrogens with zero attached hydrogens (tertiary/aromatic N) is 1. The molecular weight excluding hydrogens is 348 g/mol. The molecule has 0 aromatic heterocycles. The Morgan fingerprint density at radius 3 is 2.54 bits per heavy atom. The fourth-order valence-electron chi connectivity index (χ4n) is 3.65. The van der Waals surface area contributed by atoms with Crippen molar-refractivity contribution in [2.24, 2.45) is 0 Å². The average Bonchev–Trinajstić information content (AvgIpc) is 2.70. The number of piperidine rings is 1. The monoisotopic (exact) mass is 380 g/mol.